The number of hydrogen-bond acceptors (Lipinski definition) is 5. The average molecular weight is 443 g/mol. The minimum Gasteiger partial charge on any atom is -0.354 e. The lowest BCUT2D eigenvalue weighted by atomic mass is 9.95. The number of thiophene rings is 1. The van der Waals surface area contributed by atoms with Crippen LogP contribution >= 0.6 is 11.3 Å². The van der Waals surface area contributed by atoms with Crippen LogP contribution in [0.3, 0.4) is 0 Å². The van der Waals surface area contributed by atoms with Crippen molar-refractivity contribution in [1.29, 1.82) is 0 Å². The number of likely N-dealkylation sites (tertiary alicyclic amines) is 1. The van der Waals surface area contributed by atoms with E-state index in [4.69, 9.17) is 0 Å². The number of fused-ring (bicyclic) bond motifs is 1. The fraction of sp³-hybridized carbons (Fsp3) is 0.269. The van der Waals surface area contributed by atoms with Gasteiger partial charge in [0.25, 0.3) is 5.91 Å². The van der Waals surface area contributed by atoms with Crippen molar-refractivity contribution in [2.75, 3.05) is 20.1 Å². The molecule has 2 aromatic heterocycles. The van der Waals surface area contributed by atoms with E-state index in [2.05, 4.69) is 69.6 Å². The van der Waals surface area contributed by atoms with Crippen molar-refractivity contribution in [2.45, 2.75) is 25.8 Å². The molecule has 0 unspecified atom stereocenters. The summed E-state index contributed by atoms with van der Waals surface area (Å²) in [4.78, 5) is 25.0. The number of aromatic nitrogens is 2. The van der Waals surface area contributed by atoms with Crippen LogP contribution in [0.1, 0.15) is 38.7 Å². The molecule has 2 aromatic carbocycles. The summed E-state index contributed by atoms with van der Waals surface area (Å²) in [7, 11) is 1.71. The van der Waals surface area contributed by atoms with Gasteiger partial charge in [-0.15, -0.1) is 11.3 Å². The van der Waals surface area contributed by atoms with E-state index in [0.29, 0.717) is 5.92 Å². The minimum atomic E-state index is 0.0137. The lowest BCUT2D eigenvalue weighted by Gasteiger charge is -2.16. The predicted molar refractivity (Wildman–Crippen MR) is 130 cm³/mol. The summed E-state index contributed by atoms with van der Waals surface area (Å²) >= 11 is 1.60. The number of aryl methyl sites for hydroxylation is 1. The fourth-order valence-corrected chi connectivity index (χ4v) is 5.75. The van der Waals surface area contributed by atoms with Gasteiger partial charge in [-0.25, -0.2) is 9.97 Å². The van der Waals surface area contributed by atoms with Crippen LogP contribution in [0.15, 0.2) is 60.9 Å². The largest absolute Gasteiger partial charge is 0.354 e. The summed E-state index contributed by atoms with van der Waals surface area (Å²) in [5, 5.41) is 4.04. The molecular formula is C26H26N4OS. The van der Waals surface area contributed by atoms with Crippen LogP contribution in [0.2, 0.25) is 0 Å². The van der Waals surface area contributed by atoms with Crippen molar-refractivity contribution in [2.24, 2.45) is 0 Å². The second kappa shape index (κ2) is 8.81. The number of hydrogen-bond donors (Lipinski definition) is 1. The van der Waals surface area contributed by atoms with Crippen molar-refractivity contribution < 1.29 is 4.79 Å². The maximum atomic E-state index is 12.6. The summed E-state index contributed by atoms with van der Waals surface area (Å²) in [5.41, 5.74) is 4.59. The lowest BCUT2D eigenvalue weighted by Crippen LogP contribution is -2.21. The van der Waals surface area contributed by atoms with E-state index in [1.54, 1.807) is 18.4 Å². The molecular weight excluding hydrogens is 416 g/mol. The van der Waals surface area contributed by atoms with Gasteiger partial charge in [-0.2, -0.15) is 0 Å². The van der Waals surface area contributed by atoms with Crippen molar-refractivity contribution >= 4 is 27.3 Å². The Bertz CT molecular complexity index is 1250. The summed E-state index contributed by atoms with van der Waals surface area (Å²) in [5.74, 6) is 1.12. The van der Waals surface area contributed by atoms with Gasteiger partial charge in [0.15, 0.2) is 5.82 Å². The molecule has 0 bridgehead atoms. The van der Waals surface area contributed by atoms with Crippen LogP contribution in [0.5, 0.6) is 0 Å². The topological polar surface area (TPSA) is 58.1 Å². The van der Waals surface area contributed by atoms with E-state index in [0.717, 1.165) is 47.9 Å². The molecule has 3 heterocycles. The fourth-order valence-electron chi connectivity index (χ4n) is 4.51. The Morgan fingerprint density at radius 3 is 2.62 bits per heavy atom. The SMILES string of the molecule is CNC(=O)c1sc2ccccc2c1[C@H]1CCN(Cc2cnc(-c3ccc(C)cc3)nc2)C1. The van der Waals surface area contributed by atoms with Crippen LogP contribution in [-0.4, -0.2) is 40.9 Å². The normalized spacial score (nSPS) is 16.5. The zero-order valence-electron chi connectivity index (χ0n) is 18.3. The third kappa shape index (κ3) is 4.04. The zero-order chi connectivity index (χ0) is 22.1. The third-order valence-electron chi connectivity index (χ3n) is 6.17. The van der Waals surface area contributed by atoms with Gasteiger partial charge in [-0.3, -0.25) is 9.69 Å². The molecule has 1 saturated heterocycles. The van der Waals surface area contributed by atoms with E-state index in [1.165, 1.54) is 21.2 Å². The monoisotopic (exact) mass is 442 g/mol. The highest BCUT2D eigenvalue weighted by atomic mass is 32.1. The summed E-state index contributed by atoms with van der Waals surface area (Å²) < 4.78 is 1.18. The quantitative estimate of drug-likeness (QED) is 0.472. The predicted octanol–water partition coefficient (Wildman–Crippen LogP) is 5.02. The molecule has 1 amide bonds. The molecule has 1 aliphatic rings. The van der Waals surface area contributed by atoms with Gasteiger partial charge in [-0.1, -0.05) is 48.0 Å². The molecule has 1 N–H and O–H groups in total. The standard InChI is InChI=1S/C26H26N4OS/c1-17-7-9-19(10-8-17)25-28-13-18(14-29-25)15-30-12-11-20(16-30)23-21-5-3-4-6-22(21)32-24(23)26(31)27-2/h3-10,13-14,20H,11-12,15-16H2,1-2H3,(H,27,31)/t20-/m0/s1. The summed E-state index contributed by atoms with van der Waals surface area (Å²) in [6.45, 7) is 4.84. The zero-order valence-corrected chi connectivity index (χ0v) is 19.2. The molecule has 5 rings (SSSR count). The number of amides is 1. The number of carbonyl (C=O) groups is 1. The molecule has 6 heteroatoms. The Hall–Kier alpha value is -3.09. The van der Waals surface area contributed by atoms with Crippen LogP contribution in [0.4, 0.5) is 0 Å². The van der Waals surface area contributed by atoms with E-state index < -0.39 is 0 Å². The lowest BCUT2D eigenvalue weighted by molar-refractivity contribution is 0.0966. The molecule has 0 radical (unpaired) electrons. The van der Waals surface area contributed by atoms with Crippen LogP contribution in [0, 0.1) is 6.92 Å². The van der Waals surface area contributed by atoms with Gasteiger partial charge >= 0.3 is 0 Å². The maximum Gasteiger partial charge on any atom is 0.261 e. The van der Waals surface area contributed by atoms with Gasteiger partial charge in [-0.05, 0) is 36.9 Å². The second-order valence-electron chi connectivity index (χ2n) is 8.42. The first kappa shape index (κ1) is 20.8. The molecule has 1 aliphatic heterocycles. The third-order valence-corrected chi connectivity index (χ3v) is 7.35. The van der Waals surface area contributed by atoms with Crippen molar-refractivity contribution in [3.63, 3.8) is 0 Å². The smallest absolute Gasteiger partial charge is 0.261 e. The van der Waals surface area contributed by atoms with Crippen molar-refractivity contribution in [3.05, 3.63) is 82.5 Å². The number of carbonyl (C=O) groups excluding carboxylic acids is 1. The number of benzene rings is 2. The molecule has 0 aliphatic carbocycles. The highest BCUT2D eigenvalue weighted by molar-refractivity contribution is 7.21. The first-order valence-electron chi connectivity index (χ1n) is 11.0. The minimum absolute atomic E-state index is 0.0137. The Kier molecular flexibility index (Phi) is 5.72. The number of rotatable bonds is 5. The van der Waals surface area contributed by atoms with E-state index in [9.17, 15) is 4.79 Å². The summed E-state index contributed by atoms with van der Waals surface area (Å²) in [6.07, 6.45) is 4.92. The first-order valence-corrected chi connectivity index (χ1v) is 11.8. The number of nitrogens with zero attached hydrogens (tertiary/aromatic N) is 3. The highest BCUT2D eigenvalue weighted by Crippen LogP contribution is 2.40. The molecule has 1 fully saturated rings. The molecule has 0 saturated carbocycles. The molecule has 32 heavy (non-hydrogen) atoms. The Balaban J connectivity index is 1.32. The second-order valence-corrected chi connectivity index (χ2v) is 9.47. The van der Waals surface area contributed by atoms with E-state index in [1.807, 2.05) is 18.5 Å². The Labute approximate surface area is 192 Å². The molecule has 5 nitrogen and oxygen atoms in total. The van der Waals surface area contributed by atoms with Gasteiger partial charge < -0.3 is 5.32 Å². The van der Waals surface area contributed by atoms with Crippen LogP contribution < -0.4 is 5.32 Å². The maximum absolute atomic E-state index is 12.6. The average Bonchev–Trinajstić information content (AvgIpc) is 3.44. The van der Waals surface area contributed by atoms with Crippen LogP contribution in [0.25, 0.3) is 21.5 Å². The Morgan fingerprint density at radius 1 is 1.12 bits per heavy atom. The Morgan fingerprint density at radius 2 is 1.88 bits per heavy atom. The molecule has 4 aromatic rings. The van der Waals surface area contributed by atoms with Crippen molar-refractivity contribution in [3.8, 4) is 11.4 Å². The summed E-state index contributed by atoms with van der Waals surface area (Å²) in [6, 6.07) is 16.6. The van der Waals surface area contributed by atoms with E-state index in [-0.39, 0.29) is 5.91 Å². The molecule has 162 valence electrons. The highest BCUT2D eigenvalue weighted by Gasteiger charge is 2.30. The first-order chi connectivity index (χ1) is 15.6. The number of nitrogens with one attached hydrogen (secondary N) is 1. The molecule has 0 spiro atoms. The van der Waals surface area contributed by atoms with Crippen LogP contribution in [-0.2, 0) is 6.54 Å². The van der Waals surface area contributed by atoms with Gasteiger partial charge in [0.1, 0.15) is 0 Å². The van der Waals surface area contributed by atoms with Crippen molar-refractivity contribution in [1.82, 2.24) is 20.2 Å². The van der Waals surface area contributed by atoms with Gasteiger partial charge in [0.2, 0.25) is 0 Å². The van der Waals surface area contributed by atoms with Gasteiger partial charge in [0, 0.05) is 54.3 Å². The van der Waals surface area contributed by atoms with E-state index >= 15 is 0 Å². The molecule has 1 atom stereocenters. The van der Waals surface area contributed by atoms with Gasteiger partial charge in [0.05, 0.1) is 4.88 Å².